The van der Waals surface area contributed by atoms with E-state index in [1.165, 1.54) is 17.7 Å². The third kappa shape index (κ3) is 4.67. The van der Waals surface area contributed by atoms with Crippen LogP contribution in [0.4, 0.5) is 15.8 Å². The molecule has 3 aromatic carbocycles. The molecule has 0 fully saturated rings. The van der Waals surface area contributed by atoms with Crippen molar-refractivity contribution in [2.75, 3.05) is 24.2 Å². The van der Waals surface area contributed by atoms with E-state index in [1.807, 2.05) is 42.5 Å². The standard InChI is InChI=1S/C26H26FN3O/c1-3-15-30(2)17-18-9-12-21(13-10-18)28-25(19-7-5-4-6-8-19)24-22-14-11-20(27)16-23(22)29-26(24)31/h4-14,16,28H,3,15,17H2,1-2H3,(H,29,31). The van der Waals surface area contributed by atoms with E-state index in [4.69, 9.17) is 0 Å². The van der Waals surface area contributed by atoms with Crippen LogP contribution in [0.15, 0.2) is 72.8 Å². The Balaban J connectivity index is 1.70. The van der Waals surface area contributed by atoms with Crippen molar-refractivity contribution in [3.8, 4) is 0 Å². The Morgan fingerprint density at radius 3 is 2.48 bits per heavy atom. The first-order valence-electron chi connectivity index (χ1n) is 10.5. The zero-order chi connectivity index (χ0) is 21.8. The molecule has 0 aromatic heterocycles. The van der Waals surface area contributed by atoms with Crippen LogP contribution in [0.25, 0.3) is 11.3 Å². The summed E-state index contributed by atoms with van der Waals surface area (Å²) in [6.07, 6.45) is 1.12. The summed E-state index contributed by atoms with van der Waals surface area (Å²) in [6, 6.07) is 22.3. The first kappa shape index (κ1) is 20.8. The van der Waals surface area contributed by atoms with E-state index in [9.17, 15) is 9.18 Å². The maximum Gasteiger partial charge on any atom is 0.258 e. The Morgan fingerprint density at radius 1 is 1.03 bits per heavy atom. The van der Waals surface area contributed by atoms with E-state index in [0.29, 0.717) is 22.5 Å². The lowest BCUT2D eigenvalue weighted by molar-refractivity contribution is -0.110. The monoisotopic (exact) mass is 415 g/mol. The molecule has 158 valence electrons. The lowest BCUT2D eigenvalue weighted by atomic mass is 10.00. The van der Waals surface area contributed by atoms with Crippen molar-refractivity contribution in [2.45, 2.75) is 19.9 Å². The lowest BCUT2D eigenvalue weighted by Crippen LogP contribution is -2.18. The van der Waals surface area contributed by atoms with Gasteiger partial charge in [0.15, 0.2) is 0 Å². The van der Waals surface area contributed by atoms with Gasteiger partial charge in [0, 0.05) is 17.8 Å². The molecule has 1 aliphatic rings. The van der Waals surface area contributed by atoms with Gasteiger partial charge in [-0.15, -0.1) is 0 Å². The van der Waals surface area contributed by atoms with Gasteiger partial charge in [0.2, 0.25) is 0 Å². The van der Waals surface area contributed by atoms with Gasteiger partial charge in [-0.05, 0) is 61.5 Å². The van der Waals surface area contributed by atoms with Gasteiger partial charge in [-0.2, -0.15) is 0 Å². The van der Waals surface area contributed by atoms with Gasteiger partial charge in [-0.1, -0.05) is 49.4 Å². The zero-order valence-corrected chi connectivity index (χ0v) is 17.8. The summed E-state index contributed by atoms with van der Waals surface area (Å²) < 4.78 is 13.7. The minimum atomic E-state index is -0.377. The summed E-state index contributed by atoms with van der Waals surface area (Å²) in [4.78, 5) is 15.1. The number of nitrogens with one attached hydrogen (secondary N) is 2. The maximum absolute atomic E-state index is 13.7. The molecule has 4 rings (SSSR count). The fourth-order valence-corrected chi connectivity index (χ4v) is 3.89. The first-order valence-corrected chi connectivity index (χ1v) is 10.5. The van der Waals surface area contributed by atoms with Gasteiger partial charge >= 0.3 is 0 Å². The van der Waals surface area contributed by atoms with Gasteiger partial charge in [0.05, 0.1) is 17.0 Å². The van der Waals surface area contributed by atoms with Gasteiger partial charge in [-0.3, -0.25) is 4.79 Å². The molecule has 3 aromatic rings. The second kappa shape index (κ2) is 9.14. The summed E-state index contributed by atoms with van der Waals surface area (Å²) in [5, 5.41) is 6.22. The molecule has 1 amide bonds. The lowest BCUT2D eigenvalue weighted by Gasteiger charge is -2.17. The molecule has 31 heavy (non-hydrogen) atoms. The largest absolute Gasteiger partial charge is 0.354 e. The molecule has 1 aliphatic heterocycles. The van der Waals surface area contributed by atoms with Crippen LogP contribution in [0.2, 0.25) is 0 Å². The van der Waals surface area contributed by atoms with Crippen LogP contribution < -0.4 is 10.6 Å². The van der Waals surface area contributed by atoms with Crippen molar-refractivity contribution in [3.63, 3.8) is 0 Å². The minimum absolute atomic E-state index is 0.246. The van der Waals surface area contributed by atoms with E-state index in [1.54, 1.807) is 6.07 Å². The van der Waals surface area contributed by atoms with Crippen molar-refractivity contribution in [3.05, 3.63) is 95.3 Å². The SMILES string of the molecule is CCCN(C)Cc1ccc(NC(=C2C(=O)Nc3cc(F)ccc32)c2ccccc2)cc1. The highest BCUT2D eigenvalue weighted by Crippen LogP contribution is 2.37. The van der Waals surface area contributed by atoms with Crippen LogP contribution in [0.3, 0.4) is 0 Å². The Bertz CT molecular complexity index is 1110. The molecule has 1 heterocycles. The molecule has 0 saturated carbocycles. The fourth-order valence-electron chi connectivity index (χ4n) is 3.89. The van der Waals surface area contributed by atoms with Crippen molar-refractivity contribution in [1.29, 1.82) is 0 Å². The predicted molar refractivity (Wildman–Crippen MR) is 125 cm³/mol. The number of nitrogens with zero attached hydrogens (tertiary/aromatic N) is 1. The number of fused-ring (bicyclic) bond motifs is 1. The Morgan fingerprint density at radius 2 is 1.77 bits per heavy atom. The van der Waals surface area contributed by atoms with Crippen molar-refractivity contribution in [2.24, 2.45) is 0 Å². The van der Waals surface area contributed by atoms with Gasteiger partial charge in [0.25, 0.3) is 5.91 Å². The summed E-state index contributed by atoms with van der Waals surface area (Å²) in [5.41, 5.74) is 5.38. The number of rotatable bonds is 7. The highest BCUT2D eigenvalue weighted by Gasteiger charge is 2.28. The molecular weight excluding hydrogens is 389 g/mol. The average Bonchev–Trinajstić information content (AvgIpc) is 3.08. The molecule has 2 N–H and O–H groups in total. The number of halogens is 1. The molecule has 0 bridgehead atoms. The molecule has 4 nitrogen and oxygen atoms in total. The second-order valence-corrected chi connectivity index (χ2v) is 7.82. The van der Waals surface area contributed by atoms with Gasteiger partial charge in [-0.25, -0.2) is 4.39 Å². The minimum Gasteiger partial charge on any atom is -0.354 e. The third-order valence-corrected chi connectivity index (χ3v) is 5.32. The third-order valence-electron chi connectivity index (χ3n) is 5.32. The van der Waals surface area contributed by atoms with Crippen molar-refractivity contribution < 1.29 is 9.18 Å². The summed E-state index contributed by atoms with van der Waals surface area (Å²) in [7, 11) is 2.12. The average molecular weight is 416 g/mol. The van der Waals surface area contributed by atoms with Crippen LogP contribution in [0, 0.1) is 5.82 Å². The number of carbonyl (C=O) groups is 1. The molecule has 0 unspecified atom stereocenters. The molecule has 5 heteroatoms. The van der Waals surface area contributed by atoms with E-state index >= 15 is 0 Å². The van der Waals surface area contributed by atoms with Crippen molar-refractivity contribution >= 4 is 28.6 Å². The van der Waals surface area contributed by atoms with Crippen LogP contribution >= 0.6 is 0 Å². The number of anilines is 2. The van der Waals surface area contributed by atoms with Gasteiger partial charge < -0.3 is 15.5 Å². The van der Waals surface area contributed by atoms with Crippen molar-refractivity contribution in [1.82, 2.24) is 4.90 Å². The van der Waals surface area contributed by atoms with E-state index in [0.717, 1.165) is 30.8 Å². The van der Waals surface area contributed by atoms with E-state index < -0.39 is 0 Å². The Hall–Kier alpha value is -3.44. The quantitative estimate of drug-likeness (QED) is 0.494. The predicted octanol–water partition coefficient (Wildman–Crippen LogP) is 5.60. The van der Waals surface area contributed by atoms with Crippen LogP contribution in [-0.2, 0) is 11.3 Å². The molecule has 0 radical (unpaired) electrons. The number of hydrogen-bond acceptors (Lipinski definition) is 3. The smallest absolute Gasteiger partial charge is 0.258 e. The number of benzene rings is 3. The van der Waals surface area contributed by atoms with Gasteiger partial charge in [0.1, 0.15) is 5.82 Å². The van der Waals surface area contributed by atoms with Crippen LogP contribution in [0.5, 0.6) is 0 Å². The van der Waals surface area contributed by atoms with Crippen LogP contribution in [0.1, 0.15) is 30.0 Å². The summed E-state index contributed by atoms with van der Waals surface area (Å²) >= 11 is 0. The molecular formula is C26H26FN3O. The molecule has 0 aliphatic carbocycles. The summed E-state index contributed by atoms with van der Waals surface area (Å²) in [5.74, 6) is -0.622. The number of hydrogen-bond donors (Lipinski definition) is 2. The second-order valence-electron chi connectivity index (χ2n) is 7.82. The highest BCUT2D eigenvalue weighted by molar-refractivity contribution is 6.37. The summed E-state index contributed by atoms with van der Waals surface area (Å²) in [6.45, 7) is 4.12. The topological polar surface area (TPSA) is 44.4 Å². The molecule has 0 atom stereocenters. The fraction of sp³-hybridized carbons (Fsp3) is 0.192. The Kier molecular flexibility index (Phi) is 6.14. The molecule has 0 spiro atoms. The number of carbonyl (C=O) groups excluding carboxylic acids is 1. The number of amides is 1. The van der Waals surface area contributed by atoms with E-state index in [-0.39, 0.29) is 11.7 Å². The zero-order valence-electron chi connectivity index (χ0n) is 17.8. The first-order chi connectivity index (χ1) is 15.0. The maximum atomic E-state index is 13.7. The van der Waals surface area contributed by atoms with Crippen LogP contribution in [-0.4, -0.2) is 24.4 Å². The Labute approximate surface area is 182 Å². The molecule has 0 saturated heterocycles. The van der Waals surface area contributed by atoms with E-state index in [2.05, 4.69) is 41.6 Å². The normalized spacial score (nSPS) is 14.4. The highest BCUT2D eigenvalue weighted by atomic mass is 19.1.